The van der Waals surface area contributed by atoms with Crippen LogP contribution in [0, 0.1) is 20.8 Å². The Morgan fingerprint density at radius 2 is 1.84 bits per heavy atom. The lowest BCUT2D eigenvalue weighted by atomic mass is 10.2. The topological polar surface area (TPSA) is 72.0 Å². The van der Waals surface area contributed by atoms with Crippen LogP contribution in [0.25, 0.3) is 0 Å². The van der Waals surface area contributed by atoms with Gasteiger partial charge in [-0.2, -0.15) is 0 Å². The summed E-state index contributed by atoms with van der Waals surface area (Å²) in [5, 5.41) is 0. The number of hydrogen-bond acceptors (Lipinski definition) is 4. The molecule has 19 heavy (non-hydrogen) atoms. The molecule has 0 unspecified atom stereocenters. The molecule has 1 aromatic heterocycles. The van der Waals surface area contributed by atoms with Crippen molar-refractivity contribution >= 4 is 16.0 Å². The molecule has 0 aliphatic heterocycles. The number of nitrogens with one attached hydrogen (secondary N) is 1. The fraction of sp³-hybridized carbons (Fsp3) is 0.231. The second kappa shape index (κ2) is 4.97. The average molecular weight is 277 g/mol. The lowest BCUT2D eigenvalue weighted by Gasteiger charge is -2.09. The molecule has 2 aromatic rings. The fourth-order valence-electron chi connectivity index (χ4n) is 1.77. The van der Waals surface area contributed by atoms with E-state index in [1.165, 1.54) is 6.20 Å². The molecular weight excluding hydrogens is 262 g/mol. The van der Waals surface area contributed by atoms with Gasteiger partial charge in [0, 0.05) is 11.9 Å². The van der Waals surface area contributed by atoms with Crippen molar-refractivity contribution < 1.29 is 8.42 Å². The maximum absolute atomic E-state index is 12.3. The van der Waals surface area contributed by atoms with Crippen molar-refractivity contribution in [1.29, 1.82) is 0 Å². The Hall–Kier alpha value is -1.95. The molecule has 0 saturated heterocycles. The Kier molecular flexibility index (Phi) is 3.53. The quantitative estimate of drug-likeness (QED) is 0.933. The number of aromatic nitrogens is 2. The first-order valence-corrected chi connectivity index (χ1v) is 7.26. The third-order valence-electron chi connectivity index (χ3n) is 2.64. The monoisotopic (exact) mass is 277 g/mol. The first-order chi connectivity index (χ1) is 8.88. The lowest BCUT2D eigenvalue weighted by Crippen LogP contribution is -2.16. The van der Waals surface area contributed by atoms with Gasteiger partial charge in [-0.1, -0.05) is 17.7 Å². The second-order valence-electron chi connectivity index (χ2n) is 4.40. The van der Waals surface area contributed by atoms with Gasteiger partial charge in [0.2, 0.25) is 5.95 Å². The predicted octanol–water partition coefficient (Wildman–Crippen LogP) is 2.20. The molecule has 1 N–H and O–H groups in total. The largest absolute Gasteiger partial charge is 0.264 e. The van der Waals surface area contributed by atoms with E-state index in [9.17, 15) is 8.42 Å². The highest BCUT2D eigenvalue weighted by Gasteiger charge is 2.17. The molecule has 0 atom stereocenters. The average Bonchev–Trinajstić information content (AvgIpc) is 2.27. The molecule has 0 saturated carbocycles. The first-order valence-electron chi connectivity index (χ1n) is 5.78. The van der Waals surface area contributed by atoms with E-state index in [-0.39, 0.29) is 10.8 Å². The molecule has 0 radical (unpaired) electrons. The van der Waals surface area contributed by atoms with Crippen LogP contribution in [0.5, 0.6) is 0 Å². The van der Waals surface area contributed by atoms with Crippen LogP contribution < -0.4 is 4.72 Å². The van der Waals surface area contributed by atoms with Crippen LogP contribution in [0.1, 0.15) is 16.8 Å². The highest BCUT2D eigenvalue weighted by molar-refractivity contribution is 7.92. The Morgan fingerprint density at radius 3 is 2.47 bits per heavy atom. The minimum absolute atomic E-state index is 0.0833. The van der Waals surface area contributed by atoms with Gasteiger partial charge < -0.3 is 0 Å². The van der Waals surface area contributed by atoms with Crippen molar-refractivity contribution in [3.63, 3.8) is 0 Å². The van der Waals surface area contributed by atoms with Gasteiger partial charge in [-0.25, -0.2) is 23.1 Å². The van der Waals surface area contributed by atoms with Crippen molar-refractivity contribution in [2.45, 2.75) is 25.7 Å². The number of sulfonamides is 1. The van der Waals surface area contributed by atoms with Crippen LogP contribution in [0.15, 0.2) is 35.4 Å². The minimum Gasteiger partial charge on any atom is -0.247 e. The van der Waals surface area contributed by atoms with Gasteiger partial charge in [-0.05, 0) is 38.5 Å². The maximum Gasteiger partial charge on any atom is 0.264 e. The molecule has 0 spiro atoms. The summed E-state index contributed by atoms with van der Waals surface area (Å²) in [5.41, 5.74) is 2.41. The van der Waals surface area contributed by atoms with E-state index >= 15 is 0 Å². The summed E-state index contributed by atoms with van der Waals surface area (Å²) in [5.74, 6) is 0.0833. The van der Waals surface area contributed by atoms with E-state index in [0.717, 1.165) is 5.56 Å². The number of rotatable bonds is 3. The molecule has 0 amide bonds. The zero-order chi connectivity index (χ0) is 14.0. The van der Waals surface area contributed by atoms with Crippen LogP contribution in [-0.2, 0) is 10.0 Å². The van der Waals surface area contributed by atoms with E-state index in [0.29, 0.717) is 11.3 Å². The van der Waals surface area contributed by atoms with Crippen LogP contribution in [0.4, 0.5) is 5.95 Å². The molecule has 2 rings (SSSR count). The molecule has 1 aromatic carbocycles. The minimum atomic E-state index is -3.65. The SMILES string of the molecule is Cc1ccc(S(=O)(=O)Nc2nccc(C)n2)c(C)c1. The van der Waals surface area contributed by atoms with Crippen LogP contribution in [0.2, 0.25) is 0 Å². The molecule has 0 aliphatic carbocycles. The zero-order valence-electron chi connectivity index (χ0n) is 11.0. The molecule has 100 valence electrons. The zero-order valence-corrected chi connectivity index (χ0v) is 11.8. The molecule has 6 heteroatoms. The number of aryl methyl sites for hydroxylation is 3. The van der Waals surface area contributed by atoms with Gasteiger partial charge in [-0.15, -0.1) is 0 Å². The highest BCUT2D eigenvalue weighted by Crippen LogP contribution is 2.18. The van der Waals surface area contributed by atoms with Crippen molar-refractivity contribution in [3.05, 3.63) is 47.3 Å². The summed E-state index contributed by atoms with van der Waals surface area (Å²) in [4.78, 5) is 8.16. The van der Waals surface area contributed by atoms with Gasteiger partial charge >= 0.3 is 0 Å². The molecule has 1 heterocycles. The number of benzene rings is 1. The number of nitrogens with zero attached hydrogens (tertiary/aromatic N) is 2. The summed E-state index contributed by atoms with van der Waals surface area (Å²) >= 11 is 0. The van der Waals surface area contributed by atoms with Gasteiger partial charge in [0.25, 0.3) is 10.0 Å². The van der Waals surface area contributed by atoms with Crippen LogP contribution in [-0.4, -0.2) is 18.4 Å². The van der Waals surface area contributed by atoms with E-state index in [1.54, 1.807) is 32.0 Å². The summed E-state index contributed by atoms with van der Waals surface area (Å²) in [6.45, 7) is 5.45. The van der Waals surface area contributed by atoms with E-state index in [2.05, 4.69) is 14.7 Å². The first kappa shape index (κ1) is 13.5. The second-order valence-corrected chi connectivity index (χ2v) is 6.05. The third kappa shape index (κ3) is 3.08. The van der Waals surface area contributed by atoms with Crippen molar-refractivity contribution in [3.8, 4) is 0 Å². The smallest absolute Gasteiger partial charge is 0.247 e. The standard InChI is InChI=1S/C13H15N3O2S/c1-9-4-5-12(10(2)8-9)19(17,18)16-13-14-7-6-11(3)15-13/h4-8H,1-3H3,(H,14,15,16). The third-order valence-corrected chi connectivity index (χ3v) is 4.13. The maximum atomic E-state index is 12.3. The Bertz CT molecular complexity index is 712. The number of anilines is 1. The van der Waals surface area contributed by atoms with Crippen molar-refractivity contribution in [2.75, 3.05) is 4.72 Å². The predicted molar refractivity (Wildman–Crippen MR) is 73.5 cm³/mol. The summed E-state index contributed by atoms with van der Waals surface area (Å²) in [6.07, 6.45) is 1.52. The van der Waals surface area contributed by atoms with Gasteiger partial charge in [0.1, 0.15) is 0 Å². The van der Waals surface area contributed by atoms with Crippen molar-refractivity contribution in [1.82, 2.24) is 9.97 Å². The Balaban J connectivity index is 2.38. The Labute approximate surface area is 112 Å². The van der Waals surface area contributed by atoms with E-state index in [1.807, 2.05) is 13.0 Å². The molecule has 0 bridgehead atoms. The van der Waals surface area contributed by atoms with E-state index in [4.69, 9.17) is 0 Å². The van der Waals surface area contributed by atoms with Crippen LogP contribution >= 0.6 is 0 Å². The van der Waals surface area contributed by atoms with Gasteiger partial charge in [0.05, 0.1) is 4.90 Å². The van der Waals surface area contributed by atoms with Gasteiger partial charge in [0.15, 0.2) is 0 Å². The highest BCUT2D eigenvalue weighted by atomic mass is 32.2. The fourth-order valence-corrected chi connectivity index (χ4v) is 2.95. The van der Waals surface area contributed by atoms with Crippen molar-refractivity contribution in [2.24, 2.45) is 0 Å². The molecule has 5 nitrogen and oxygen atoms in total. The molecule has 0 fully saturated rings. The summed E-state index contributed by atoms with van der Waals surface area (Å²) in [7, 11) is -3.65. The van der Waals surface area contributed by atoms with Crippen LogP contribution in [0.3, 0.4) is 0 Å². The van der Waals surface area contributed by atoms with Gasteiger partial charge in [-0.3, -0.25) is 0 Å². The summed E-state index contributed by atoms with van der Waals surface area (Å²) < 4.78 is 26.9. The number of hydrogen-bond donors (Lipinski definition) is 1. The van der Waals surface area contributed by atoms with E-state index < -0.39 is 10.0 Å². The lowest BCUT2D eigenvalue weighted by molar-refractivity contribution is 0.600. The molecular formula is C13H15N3O2S. The summed E-state index contributed by atoms with van der Waals surface area (Å²) in [6, 6.07) is 6.88. The molecule has 0 aliphatic rings. The normalized spacial score (nSPS) is 11.3. The Morgan fingerprint density at radius 1 is 1.11 bits per heavy atom.